The van der Waals surface area contributed by atoms with E-state index in [-0.39, 0.29) is 6.04 Å². The van der Waals surface area contributed by atoms with E-state index < -0.39 is 0 Å². The number of nitrogens with one attached hydrogen (secondary N) is 1. The summed E-state index contributed by atoms with van der Waals surface area (Å²) < 4.78 is 5.52. The van der Waals surface area contributed by atoms with Crippen LogP contribution in [0.1, 0.15) is 18.5 Å². The SMILES string of the molecule is CC(NCCOCCN(C)C)c1ccc(Cl)cc1Cl. The molecule has 0 heterocycles. The number of benzene rings is 1. The number of hydrogen-bond acceptors (Lipinski definition) is 3. The van der Waals surface area contributed by atoms with Crippen LogP contribution in [0.4, 0.5) is 0 Å². The molecule has 0 saturated heterocycles. The molecule has 1 N–H and O–H groups in total. The quantitative estimate of drug-likeness (QED) is 0.746. The lowest BCUT2D eigenvalue weighted by atomic mass is 10.1. The molecule has 5 heteroatoms. The first-order valence-corrected chi connectivity index (χ1v) is 7.17. The van der Waals surface area contributed by atoms with Crippen LogP contribution < -0.4 is 5.32 Å². The number of halogens is 2. The fraction of sp³-hybridized carbons (Fsp3) is 0.571. The maximum absolute atomic E-state index is 6.16. The minimum Gasteiger partial charge on any atom is -0.379 e. The van der Waals surface area contributed by atoms with Gasteiger partial charge < -0.3 is 15.0 Å². The summed E-state index contributed by atoms with van der Waals surface area (Å²) in [6.45, 7) is 5.27. The van der Waals surface area contributed by atoms with E-state index in [2.05, 4.69) is 17.1 Å². The molecule has 0 spiro atoms. The summed E-state index contributed by atoms with van der Waals surface area (Å²) in [6, 6.07) is 5.76. The van der Waals surface area contributed by atoms with Gasteiger partial charge in [0.2, 0.25) is 0 Å². The van der Waals surface area contributed by atoms with Crippen LogP contribution in [0.3, 0.4) is 0 Å². The Balaban J connectivity index is 2.25. The Labute approximate surface area is 125 Å². The summed E-state index contributed by atoms with van der Waals surface area (Å²) in [7, 11) is 4.07. The van der Waals surface area contributed by atoms with Gasteiger partial charge in [0.1, 0.15) is 0 Å². The molecule has 0 aliphatic heterocycles. The van der Waals surface area contributed by atoms with Crippen molar-refractivity contribution in [2.24, 2.45) is 0 Å². The van der Waals surface area contributed by atoms with E-state index in [0.717, 1.165) is 25.3 Å². The summed E-state index contributed by atoms with van der Waals surface area (Å²) in [6.07, 6.45) is 0. The summed E-state index contributed by atoms with van der Waals surface area (Å²) in [5.41, 5.74) is 1.05. The molecule has 108 valence electrons. The topological polar surface area (TPSA) is 24.5 Å². The van der Waals surface area contributed by atoms with Crippen molar-refractivity contribution < 1.29 is 4.74 Å². The van der Waals surface area contributed by atoms with Crippen molar-refractivity contribution in [1.29, 1.82) is 0 Å². The van der Waals surface area contributed by atoms with Crippen molar-refractivity contribution in [2.75, 3.05) is 40.4 Å². The van der Waals surface area contributed by atoms with E-state index in [0.29, 0.717) is 16.7 Å². The summed E-state index contributed by atoms with van der Waals surface area (Å²) in [4.78, 5) is 2.10. The summed E-state index contributed by atoms with van der Waals surface area (Å²) >= 11 is 12.0. The Morgan fingerprint density at radius 3 is 2.63 bits per heavy atom. The second kappa shape index (κ2) is 8.77. The van der Waals surface area contributed by atoms with Crippen molar-refractivity contribution >= 4 is 23.2 Å². The van der Waals surface area contributed by atoms with Crippen LogP contribution in [0.2, 0.25) is 10.0 Å². The normalized spacial score (nSPS) is 12.9. The van der Waals surface area contributed by atoms with Crippen LogP contribution >= 0.6 is 23.2 Å². The molecule has 0 aliphatic rings. The molecule has 0 radical (unpaired) electrons. The molecule has 1 rings (SSSR count). The lowest BCUT2D eigenvalue weighted by Crippen LogP contribution is -2.25. The molecule has 0 fully saturated rings. The molecule has 0 aliphatic carbocycles. The first kappa shape index (κ1) is 16.7. The number of nitrogens with zero attached hydrogens (tertiary/aromatic N) is 1. The number of hydrogen-bond donors (Lipinski definition) is 1. The van der Waals surface area contributed by atoms with Gasteiger partial charge in [0.05, 0.1) is 13.2 Å². The predicted molar refractivity (Wildman–Crippen MR) is 82.3 cm³/mol. The van der Waals surface area contributed by atoms with Gasteiger partial charge >= 0.3 is 0 Å². The molecule has 3 nitrogen and oxygen atoms in total. The van der Waals surface area contributed by atoms with E-state index in [1.54, 1.807) is 6.07 Å². The molecular weight excluding hydrogens is 283 g/mol. The molecule has 1 unspecified atom stereocenters. The van der Waals surface area contributed by atoms with Gasteiger partial charge in [-0.15, -0.1) is 0 Å². The van der Waals surface area contributed by atoms with Gasteiger partial charge in [-0.1, -0.05) is 29.3 Å². The Hall–Kier alpha value is -0.320. The summed E-state index contributed by atoms with van der Waals surface area (Å²) in [5, 5.41) is 4.74. The highest BCUT2D eigenvalue weighted by molar-refractivity contribution is 6.35. The zero-order valence-electron chi connectivity index (χ0n) is 11.7. The van der Waals surface area contributed by atoms with E-state index in [1.165, 1.54) is 0 Å². The average Bonchev–Trinajstić information content (AvgIpc) is 2.32. The van der Waals surface area contributed by atoms with E-state index in [1.807, 2.05) is 26.2 Å². The lowest BCUT2D eigenvalue weighted by molar-refractivity contribution is 0.118. The van der Waals surface area contributed by atoms with Gasteiger partial charge in [0, 0.05) is 29.2 Å². The molecule has 0 saturated carbocycles. The Morgan fingerprint density at radius 2 is 2.00 bits per heavy atom. The maximum atomic E-state index is 6.16. The number of rotatable bonds is 8. The van der Waals surface area contributed by atoms with Gasteiger partial charge in [-0.05, 0) is 38.7 Å². The zero-order chi connectivity index (χ0) is 14.3. The molecule has 1 aromatic rings. The van der Waals surface area contributed by atoms with Crippen LogP contribution in [0.25, 0.3) is 0 Å². The third-order valence-corrected chi connectivity index (χ3v) is 3.37. The van der Waals surface area contributed by atoms with Crippen LogP contribution in [-0.4, -0.2) is 45.3 Å². The highest BCUT2D eigenvalue weighted by atomic mass is 35.5. The van der Waals surface area contributed by atoms with Gasteiger partial charge in [-0.3, -0.25) is 0 Å². The highest BCUT2D eigenvalue weighted by Crippen LogP contribution is 2.25. The molecule has 0 aromatic heterocycles. The zero-order valence-corrected chi connectivity index (χ0v) is 13.3. The predicted octanol–water partition coefficient (Wildman–Crippen LogP) is 3.22. The van der Waals surface area contributed by atoms with Crippen molar-refractivity contribution in [3.05, 3.63) is 33.8 Å². The van der Waals surface area contributed by atoms with Crippen LogP contribution in [0.5, 0.6) is 0 Å². The summed E-state index contributed by atoms with van der Waals surface area (Å²) in [5.74, 6) is 0. The maximum Gasteiger partial charge on any atom is 0.0593 e. The van der Waals surface area contributed by atoms with Crippen LogP contribution in [0, 0.1) is 0 Å². The molecule has 0 amide bonds. The monoisotopic (exact) mass is 304 g/mol. The van der Waals surface area contributed by atoms with Gasteiger partial charge in [0.25, 0.3) is 0 Å². The Bertz CT molecular complexity index is 386. The molecule has 0 bridgehead atoms. The van der Waals surface area contributed by atoms with Gasteiger partial charge in [-0.25, -0.2) is 0 Å². The van der Waals surface area contributed by atoms with Gasteiger partial charge in [-0.2, -0.15) is 0 Å². The van der Waals surface area contributed by atoms with Gasteiger partial charge in [0.15, 0.2) is 0 Å². The van der Waals surface area contributed by atoms with Crippen molar-refractivity contribution in [3.8, 4) is 0 Å². The number of ether oxygens (including phenoxy) is 1. The standard InChI is InChI=1S/C14H22Cl2N2O/c1-11(13-5-4-12(15)10-14(13)16)17-6-8-19-9-7-18(2)3/h4-5,10-11,17H,6-9H2,1-3H3. The first-order chi connectivity index (χ1) is 9.00. The van der Waals surface area contributed by atoms with Crippen molar-refractivity contribution in [3.63, 3.8) is 0 Å². The van der Waals surface area contributed by atoms with Crippen molar-refractivity contribution in [2.45, 2.75) is 13.0 Å². The fourth-order valence-electron chi connectivity index (χ4n) is 1.66. The highest BCUT2D eigenvalue weighted by Gasteiger charge is 2.09. The third-order valence-electron chi connectivity index (χ3n) is 2.81. The minimum absolute atomic E-state index is 0.183. The van der Waals surface area contributed by atoms with Crippen LogP contribution in [0.15, 0.2) is 18.2 Å². The second-order valence-corrected chi connectivity index (χ2v) is 5.60. The number of likely N-dealkylation sites (N-methyl/N-ethyl adjacent to an activating group) is 1. The van der Waals surface area contributed by atoms with E-state index in [4.69, 9.17) is 27.9 Å². The molecule has 19 heavy (non-hydrogen) atoms. The first-order valence-electron chi connectivity index (χ1n) is 6.41. The largest absolute Gasteiger partial charge is 0.379 e. The lowest BCUT2D eigenvalue weighted by Gasteiger charge is -2.16. The van der Waals surface area contributed by atoms with Crippen LogP contribution in [-0.2, 0) is 4.74 Å². The average molecular weight is 305 g/mol. The van der Waals surface area contributed by atoms with Crippen molar-refractivity contribution in [1.82, 2.24) is 10.2 Å². The van der Waals surface area contributed by atoms with E-state index >= 15 is 0 Å². The Kier molecular flexibility index (Phi) is 7.73. The van der Waals surface area contributed by atoms with E-state index in [9.17, 15) is 0 Å². The molecule has 1 atom stereocenters. The fourth-order valence-corrected chi connectivity index (χ4v) is 2.23. The molecular formula is C14H22Cl2N2O. The third kappa shape index (κ3) is 6.59. The molecule has 1 aromatic carbocycles. The minimum atomic E-state index is 0.183. The second-order valence-electron chi connectivity index (χ2n) is 4.76. The Morgan fingerprint density at radius 1 is 1.26 bits per heavy atom. The smallest absolute Gasteiger partial charge is 0.0593 e.